The molecule has 3 N–H and O–H groups in total. The molecule has 0 fully saturated rings. The number of urea groups is 2. The predicted octanol–water partition coefficient (Wildman–Crippen LogP) is 5.77. The van der Waals surface area contributed by atoms with E-state index in [0.717, 1.165) is 17.7 Å². The fourth-order valence-corrected chi connectivity index (χ4v) is 3.21. The number of hydrogen-bond donors (Lipinski definition) is 3. The molecule has 0 aliphatic rings. The summed E-state index contributed by atoms with van der Waals surface area (Å²) in [6, 6.07) is 17.7. The summed E-state index contributed by atoms with van der Waals surface area (Å²) in [6.45, 7) is 0.707. The van der Waals surface area contributed by atoms with Crippen LogP contribution in [0.25, 0.3) is 0 Å². The number of hydrogen-bond acceptors (Lipinski definition) is 2. The zero-order chi connectivity index (χ0) is 25.3. The molecule has 4 amide bonds. The molecule has 0 aliphatic heterocycles. The summed E-state index contributed by atoms with van der Waals surface area (Å²) in [5.41, 5.74) is 0.366. The smallest absolute Gasteiger partial charge is 0.338 e. The van der Waals surface area contributed by atoms with Crippen molar-refractivity contribution in [1.29, 1.82) is 0 Å². The van der Waals surface area contributed by atoms with Crippen molar-refractivity contribution in [2.75, 3.05) is 23.3 Å². The molecule has 10 heteroatoms. The van der Waals surface area contributed by atoms with Crippen molar-refractivity contribution >= 4 is 23.4 Å². The molecule has 0 saturated carbocycles. The second-order valence-corrected chi connectivity index (χ2v) is 7.59. The normalized spacial score (nSPS) is 11.0. The molecule has 184 valence electrons. The fraction of sp³-hybridized carbons (Fsp3) is 0.200. The summed E-state index contributed by atoms with van der Waals surface area (Å²) < 4.78 is 52.3. The van der Waals surface area contributed by atoms with Crippen molar-refractivity contribution in [2.24, 2.45) is 0 Å². The molecular formula is C25H24F4N4O2. The number of carbonyl (C=O) groups is 2. The van der Waals surface area contributed by atoms with Crippen LogP contribution < -0.4 is 20.9 Å². The molecule has 0 heterocycles. The van der Waals surface area contributed by atoms with Crippen LogP contribution in [0.2, 0.25) is 0 Å². The lowest BCUT2D eigenvalue weighted by atomic mass is 10.2. The van der Waals surface area contributed by atoms with E-state index < -0.39 is 23.6 Å². The monoisotopic (exact) mass is 488 g/mol. The third kappa shape index (κ3) is 8.02. The van der Waals surface area contributed by atoms with E-state index in [4.69, 9.17) is 0 Å². The summed E-state index contributed by atoms with van der Waals surface area (Å²) in [5, 5.41) is 7.86. The van der Waals surface area contributed by atoms with Crippen molar-refractivity contribution in [1.82, 2.24) is 10.6 Å². The molecule has 3 rings (SSSR count). The molecule has 0 spiro atoms. The van der Waals surface area contributed by atoms with Crippen LogP contribution in [0.5, 0.6) is 0 Å². The lowest BCUT2D eigenvalue weighted by Gasteiger charge is -2.23. The van der Waals surface area contributed by atoms with Gasteiger partial charge in [-0.3, -0.25) is 4.90 Å². The minimum atomic E-state index is -4.55. The lowest BCUT2D eigenvalue weighted by Crippen LogP contribution is -2.39. The molecule has 0 aliphatic carbocycles. The number of alkyl halides is 3. The molecule has 0 atom stereocenters. The second kappa shape index (κ2) is 11.9. The number of halogens is 4. The Hall–Kier alpha value is -4.08. The van der Waals surface area contributed by atoms with E-state index in [9.17, 15) is 27.2 Å². The van der Waals surface area contributed by atoms with Gasteiger partial charge in [-0.2, -0.15) is 13.2 Å². The van der Waals surface area contributed by atoms with Crippen LogP contribution in [-0.2, 0) is 12.7 Å². The highest BCUT2D eigenvalue weighted by atomic mass is 19.4. The Morgan fingerprint density at radius 1 is 0.857 bits per heavy atom. The van der Waals surface area contributed by atoms with Crippen LogP contribution in [0.3, 0.4) is 0 Å². The van der Waals surface area contributed by atoms with Crippen LogP contribution in [0.1, 0.15) is 17.5 Å². The summed E-state index contributed by atoms with van der Waals surface area (Å²) in [7, 11) is 0. The van der Waals surface area contributed by atoms with Crippen LogP contribution in [0, 0.1) is 5.82 Å². The number of amides is 4. The topological polar surface area (TPSA) is 73.5 Å². The molecule has 0 unspecified atom stereocenters. The first-order valence-corrected chi connectivity index (χ1v) is 10.8. The van der Waals surface area contributed by atoms with Gasteiger partial charge in [-0.05, 0) is 54.4 Å². The number of anilines is 2. The van der Waals surface area contributed by atoms with Crippen LogP contribution in [0.15, 0.2) is 78.9 Å². The first kappa shape index (κ1) is 25.5. The van der Waals surface area contributed by atoms with E-state index >= 15 is 0 Å². The Balaban J connectivity index is 1.58. The number of carbonyl (C=O) groups excluding carboxylic acids is 2. The molecule has 3 aromatic rings. The van der Waals surface area contributed by atoms with Gasteiger partial charge in [0, 0.05) is 31.0 Å². The Morgan fingerprint density at radius 2 is 1.57 bits per heavy atom. The van der Waals surface area contributed by atoms with Gasteiger partial charge in [0.2, 0.25) is 0 Å². The van der Waals surface area contributed by atoms with Crippen molar-refractivity contribution in [3.8, 4) is 0 Å². The number of benzene rings is 3. The first-order chi connectivity index (χ1) is 16.7. The van der Waals surface area contributed by atoms with Gasteiger partial charge in [0.25, 0.3) is 0 Å². The Bertz CT molecular complexity index is 1120. The van der Waals surface area contributed by atoms with Gasteiger partial charge in [-0.15, -0.1) is 0 Å². The van der Waals surface area contributed by atoms with Gasteiger partial charge in [0.05, 0.1) is 5.56 Å². The maximum atomic E-state index is 13.4. The highest BCUT2D eigenvalue weighted by Gasteiger charge is 2.30. The van der Waals surface area contributed by atoms with Crippen LogP contribution >= 0.6 is 0 Å². The van der Waals surface area contributed by atoms with E-state index in [0.29, 0.717) is 18.7 Å². The van der Waals surface area contributed by atoms with E-state index in [1.165, 1.54) is 41.3 Å². The largest absolute Gasteiger partial charge is 0.416 e. The summed E-state index contributed by atoms with van der Waals surface area (Å²) in [6.07, 6.45) is -4.21. The highest BCUT2D eigenvalue weighted by molar-refractivity contribution is 6.01. The molecule has 0 saturated heterocycles. The van der Waals surface area contributed by atoms with Crippen molar-refractivity contribution in [2.45, 2.75) is 19.1 Å². The standard InChI is InChI=1S/C25H24F4N4O2/c26-20-10-12-22(13-11-20)33(24(35)32-21-9-4-8-19(16-21)25(27,28)29)15-5-14-30-23(34)31-17-18-6-2-1-3-7-18/h1-4,6-13,16H,5,14-15,17H2,(H,32,35)(H2,30,31,34). The van der Waals surface area contributed by atoms with E-state index in [1.807, 2.05) is 30.3 Å². The van der Waals surface area contributed by atoms with Gasteiger partial charge in [0.15, 0.2) is 0 Å². The zero-order valence-electron chi connectivity index (χ0n) is 18.6. The SMILES string of the molecule is O=C(NCCCN(C(=O)Nc1cccc(C(F)(F)F)c1)c1ccc(F)cc1)NCc1ccccc1. The van der Waals surface area contributed by atoms with Crippen LogP contribution in [0.4, 0.5) is 38.5 Å². The van der Waals surface area contributed by atoms with Gasteiger partial charge in [-0.25, -0.2) is 14.0 Å². The first-order valence-electron chi connectivity index (χ1n) is 10.8. The zero-order valence-corrected chi connectivity index (χ0v) is 18.6. The Morgan fingerprint density at radius 3 is 2.26 bits per heavy atom. The maximum Gasteiger partial charge on any atom is 0.416 e. The maximum absolute atomic E-state index is 13.4. The van der Waals surface area contributed by atoms with Gasteiger partial charge in [0.1, 0.15) is 5.82 Å². The molecule has 0 bridgehead atoms. The number of nitrogens with one attached hydrogen (secondary N) is 3. The summed E-state index contributed by atoms with van der Waals surface area (Å²) >= 11 is 0. The molecule has 35 heavy (non-hydrogen) atoms. The van der Waals surface area contributed by atoms with Gasteiger partial charge in [-0.1, -0.05) is 36.4 Å². The van der Waals surface area contributed by atoms with E-state index in [2.05, 4.69) is 16.0 Å². The average Bonchev–Trinajstić information content (AvgIpc) is 2.84. The minimum absolute atomic E-state index is 0.0321. The Labute approximate surface area is 199 Å². The second-order valence-electron chi connectivity index (χ2n) is 7.59. The predicted molar refractivity (Wildman–Crippen MR) is 126 cm³/mol. The molecule has 3 aromatic carbocycles. The van der Waals surface area contributed by atoms with Crippen molar-refractivity contribution in [3.63, 3.8) is 0 Å². The third-order valence-corrected chi connectivity index (χ3v) is 4.96. The van der Waals surface area contributed by atoms with Gasteiger partial charge >= 0.3 is 18.2 Å². The van der Waals surface area contributed by atoms with E-state index in [1.54, 1.807) is 0 Å². The van der Waals surface area contributed by atoms with E-state index in [-0.39, 0.29) is 24.8 Å². The highest BCUT2D eigenvalue weighted by Crippen LogP contribution is 2.30. The quantitative estimate of drug-likeness (QED) is 0.278. The molecule has 6 nitrogen and oxygen atoms in total. The van der Waals surface area contributed by atoms with Crippen molar-refractivity contribution < 1.29 is 27.2 Å². The average molecular weight is 488 g/mol. The third-order valence-electron chi connectivity index (χ3n) is 4.96. The van der Waals surface area contributed by atoms with Gasteiger partial charge < -0.3 is 16.0 Å². The van der Waals surface area contributed by atoms with Crippen molar-refractivity contribution in [3.05, 3.63) is 95.8 Å². The summed E-state index contributed by atoms with van der Waals surface area (Å²) in [5.74, 6) is -0.497. The lowest BCUT2D eigenvalue weighted by molar-refractivity contribution is -0.137. The summed E-state index contributed by atoms with van der Waals surface area (Å²) in [4.78, 5) is 26.2. The number of rotatable bonds is 8. The number of nitrogens with zero attached hydrogens (tertiary/aromatic N) is 1. The minimum Gasteiger partial charge on any atom is -0.338 e. The fourth-order valence-electron chi connectivity index (χ4n) is 3.21. The molecular weight excluding hydrogens is 464 g/mol. The molecule has 0 aromatic heterocycles. The Kier molecular flexibility index (Phi) is 8.66. The van der Waals surface area contributed by atoms with Crippen LogP contribution in [-0.4, -0.2) is 25.2 Å². The molecule has 0 radical (unpaired) electrons.